The number of carbonyl (C=O) groups is 4. The van der Waals surface area contributed by atoms with E-state index >= 15 is 0 Å². The van der Waals surface area contributed by atoms with Gasteiger partial charge < -0.3 is 15.5 Å². The van der Waals surface area contributed by atoms with Gasteiger partial charge in [0.05, 0.1) is 5.39 Å². The molecule has 35 heavy (non-hydrogen) atoms. The number of rotatable bonds is 9. The number of fused-ring (bicyclic) bond motifs is 1. The van der Waals surface area contributed by atoms with Crippen molar-refractivity contribution in [3.8, 4) is 0 Å². The van der Waals surface area contributed by atoms with Gasteiger partial charge in [-0.1, -0.05) is 24.3 Å². The quantitative estimate of drug-likeness (QED) is 0.302. The smallest absolute Gasteiger partial charge is 0.326 e. The van der Waals surface area contributed by atoms with Crippen LogP contribution in [0.5, 0.6) is 0 Å². The molecular weight excluding hydrogens is 458 g/mol. The number of anilines is 1. The van der Waals surface area contributed by atoms with Crippen LogP contribution >= 0.6 is 0 Å². The Labute approximate surface area is 197 Å². The highest BCUT2D eigenvalue weighted by molar-refractivity contribution is 5.97. The molecule has 0 radical (unpaired) electrons. The van der Waals surface area contributed by atoms with Crippen molar-refractivity contribution in [3.63, 3.8) is 0 Å². The van der Waals surface area contributed by atoms with Crippen molar-refractivity contribution in [3.05, 3.63) is 63.6 Å². The molecule has 0 saturated carbocycles. The molecule has 5 N–H and O–H groups in total. The van der Waals surface area contributed by atoms with Crippen molar-refractivity contribution in [1.82, 2.24) is 20.3 Å². The molecule has 1 aromatic carbocycles. The number of amides is 2. The summed E-state index contributed by atoms with van der Waals surface area (Å²) >= 11 is 0. The summed E-state index contributed by atoms with van der Waals surface area (Å²) in [7, 11) is 0. The first-order valence-electron chi connectivity index (χ1n) is 10.3. The van der Waals surface area contributed by atoms with E-state index in [9.17, 15) is 29.1 Å². The van der Waals surface area contributed by atoms with Gasteiger partial charge in [0.1, 0.15) is 6.04 Å². The van der Waals surface area contributed by atoms with Gasteiger partial charge in [-0.2, -0.15) is 4.98 Å². The average Bonchev–Trinajstić information content (AvgIpc) is 2.80. The number of pyridine rings is 1. The monoisotopic (exact) mass is 479 g/mol. The summed E-state index contributed by atoms with van der Waals surface area (Å²) in [6.45, 7) is 1.29. The van der Waals surface area contributed by atoms with E-state index in [0.29, 0.717) is 5.56 Å². The first kappa shape index (κ1) is 24.8. The molecule has 0 spiro atoms. The number of nitrogens with one attached hydrogen (secondary N) is 3. The Kier molecular flexibility index (Phi) is 7.66. The largest absolute Gasteiger partial charge is 0.481 e. The van der Waals surface area contributed by atoms with E-state index in [1.165, 1.54) is 25.3 Å². The fourth-order valence-corrected chi connectivity index (χ4v) is 3.06. The minimum Gasteiger partial charge on any atom is -0.481 e. The molecule has 180 valence electrons. The topological polar surface area (TPSA) is 191 Å². The molecule has 0 fully saturated rings. The van der Waals surface area contributed by atoms with E-state index in [1.54, 1.807) is 30.4 Å². The van der Waals surface area contributed by atoms with Crippen molar-refractivity contribution >= 4 is 52.9 Å². The second-order valence-corrected chi connectivity index (χ2v) is 7.49. The van der Waals surface area contributed by atoms with Gasteiger partial charge in [0.15, 0.2) is 5.65 Å². The molecule has 3 rings (SSSR count). The van der Waals surface area contributed by atoms with Crippen LogP contribution in [0, 0.1) is 0 Å². The van der Waals surface area contributed by atoms with Crippen LogP contribution in [0.15, 0.2) is 41.3 Å². The Bertz CT molecular complexity index is 1380. The normalized spacial score (nSPS) is 11.8. The zero-order valence-corrected chi connectivity index (χ0v) is 18.4. The molecule has 0 saturated heterocycles. The Morgan fingerprint density at radius 2 is 1.77 bits per heavy atom. The standard InChI is InChI=1S/C23H21N5O7/c1-12(29)25-23-27-19-16(21(33)28-23)10-14(11-24-19)3-2-13-4-6-15(7-5-13)20(32)26-17(22(34)35)8-9-18(30)31/h2-7,10-11,17H,8-9H2,1H3,(H,26,32)(H,30,31)(H,34,35)(H2,24,25,27,28,29,33)/t17-/m0/s1. The number of benzene rings is 1. The minimum atomic E-state index is -1.32. The molecule has 12 nitrogen and oxygen atoms in total. The third kappa shape index (κ3) is 6.81. The van der Waals surface area contributed by atoms with Crippen LogP contribution in [-0.2, 0) is 14.4 Å². The van der Waals surface area contributed by atoms with Gasteiger partial charge in [-0.15, -0.1) is 0 Å². The highest BCUT2D eigenvalue weighted by Gasteiger charge is 2.21. The molecule has 0 aliphatic rings. The van der Waals surface area contributed by atoms with Gasteiger partial charge in [-0.25, -0.2) is 9.78 Å². The van der Waals surface area contributed by atoms with Gasteiger partial charge in [0.25, 0.3) is 11.5 Å². The number of carboxylic acid groups (broad SMARTS) is 2. The lowest BCUT2D eigenvalue weighted by Crippen LogP contribution is -2.41. The van der Waals surface area contributed by atoms with Gasteiger partial charge in [-0.3, -0.25) is 29.5 Å². The van der Waals surface area contributed by atoms with Crippen LogP contribution in [0.4, 0.5) is 5.95 Å². The Morgan fingerprint density at radius 1 is 1.09 bits per heavy atom. The second kappa shape index (κ2) is 10.8. The summed E-state index contributed by atoms with van der Waals surface area (Å²) < 4.78 is 0. The zero-order valence-electron chi connectivity index (χ0n) is 18.4. The third-order valence-corrected chi connectivity index (χ3v) is 4.77. The fourth-order valence-electron chi connectivity index (χ4n) is 3.06. The minimum absolute atomic E-state index is 0.00600. The molecule has 3 aromatic rings. The number of aromatic nitrogens is 3. The van der Waals surface area contributed by atoms with E-state index < -0.39 is 29.4 Å². The Morgan fingerprint density at radius 3 is 2.40 bits per heavy atom. The molecular formula is C23H21N5O7. The van der Waals surface area contributed by atoms with Gasteiger partial charge in [-0.05, 0) is 35.7 Å². The van der Waals surface area contributed by atoms with E-state index in [2.05, 4.69) is 25.6 Å². The summed E-state index contributed by atoms with van der Waals surface area (Å²) in [5.41, 5.74) is 1.26. The van der Waals surface area contributed by atoms with E-state index in [1.807, 2.05) is 0 Å². The van der Waals surface area contributed by atoms with E-state index in [4.69, 9.17) is 5.11 Å². The Balaban J connectivity index is 1.70. The van der Waals surface area contributed by atoms with Crippen molar-refractivity contribution < 1.29 is 29.4 Å². The highest BCUT2D eigenvalue weighted by Crippen LogP contribution is 2.13. The van der Waals surface area contributed by atoms with Crippen LogP contribution in [0.1, 0.15) is 41.3 Å². The number of aromatic amines is 1. The molecule has 0 aliphatic heterocycles. The van der Waals surface area contributed by atoms with Gasteiger partial charge in [0, 0.05) is 25.1 Å². The number of hydrogen-bond donors (Lipinski definition) is 5. The number of aliphatic carboxylic acids is 2. The number of carbonyl (C=O) groups excluding carboxylic acids is 2. The second-order valence-electron chi connectivity index (χ2n) is 7.49. The maximum absolute atomic E-state index is 12.3. The van der Waals surface area contributed by atoms with E-state index in [-0.39, 0.29) is 41.3 Å². The van der Waals surface area contributed by atoms with E-state index in [0.717, 1.165) is 5.56 Å². The van der Waals surface area contributed by atoms with Gasteiger partial charge in [0.2, 0.25) is 11.9 Å². The highest BCUT2D eigenvalue weighted by atomic mass is 16.4. The maximum Gasteiger partial charge on any atom is 0.326 e. The van der Waals surface area contributed by atoms with Crippen molar-refractivity contribution in [2.45, 2.75) is 25.8 Å². The number of carboxylic acids is 2. The molecule has 1 atom stereocenters. The first-order valence-corrected chi connectivity index (χ1v) is 10.3. The lowest BCUT2D eigenvalue weighted by molar-refractivity contribution is -0.140. The van der Waals surface area contributed by atoms with Crippen molar-refractivity contribution in [1.29, 1.82) is 0 Å². The molecule has 12 heteroatoms. The van der Waals surface area contributed by atoms with Crippen molar-refractivity contribution in [2.75, 3.05) is 5.32 Å². The average molecular weight is 479 g/mol. The van der Waals surface area contributed by atoms with Crippen LogP contribution in [0.3, 0.4) is 0 Å². The van der Waals surface area contributed by atoms with Crippen LogP contribution in [-0.4, -0.2) is 55.0 Å². The lowest BCUT2D eigenvalue weighted by atomic mass is 10.1. The molecule has 0 unspecified atom stereocenters. The van der Waals surface area contributed by atoms with Crippen LogP contribution in [0.25, 0.3) is 23.2 Å². The molecule has 2 aromatic heterocycles. The predicted octanol–water partition coefficient (Wildman–Crippen LogP) is 1.49. The fraction of sp³-hybridized carbons (Fsp3) is 0.174. The van der Waals surface area contributed by atoms with Gasteiger partial charge >= 0.3 is 11.9 Å². The summed E-state index contributed by atoms with van der Waals surface area (Å²) in [4.78, 5) is 68.4. The summed E-state index contributed by atoms with van der Waals surface area (Å²) in [5, 5.41) is 22.8. The maximum atomic E-state index is 12.3. The first-order chi connectivity index (χ1) is 16.6. The molecule has 0 bridgehead atoms. The SMILES string of the molecule is CC(=O)Nc1nc2ncc(C=Cc3ccc(C(=O)N[C@@H](CCC(=O)O)C(=O)O)cc3)cc2c(=O)[nH]1. The third-order valence-electron chi connectivity index (χ3n) is 4.77. The van der Waals surface area contributed by atoms with Crippen LogP contribution < -0.4 is 16.2 Å². The number of H-pyrrole nitrogens is 1. The predicted molar refractivity (Wildman–Crippen MR) is 126 cm³/mol. The summed E-state index contributed by atoms with van der Waals surface area (Å²) in [5.74, 6) is -3.48. The molecule has 2 amide bonds. The van der Waals surface area contributed by atoms with Crippen molar-refractivity contribution in [2.24, 2.45) is 0 Å². The van der Waals surface area contributed by atoms with Crippen LogP contribution in [0.2, 0.25) is 0 Å². The zero-order chi connectivity index (χ0) is 25.5. The number of nitrogens with zero attached hydrogens (tertiary/aromatic N) is 2. The lowest BCUT2D eigenvalue weighted by Gasteiger charge is -2.13. The summed E-state index contributed by atoms with van der Waals surface area (Å²) in [6.07, 6.45) is 4.32. The molecule has 2 heterocycles. The number of hydrogen-bond acceptors (Lipinski definition) is 7. The Hall–Kier alpha value is -4.87. The summed E-state index contributed by atoms with van der Waals surface area (Å²) in [6, 6.07) is 6.56. The molecule has 0 aliphatic carbocycles.